The van der Waals surface area contributed by atoms with Gasteiger partial charge in [0.05, 0.1) is 23.5 Å². The van der Waals surface area contributed by atoms with Crippen LogP contribution in [-0.2, 0) is 23.1 Å². The highest BCUT2D eigenvalue weighted by molar-refractivity contribution is 7.89. The fourth-order valence-electron chi connectivity index (χ4n) is 1.95. The Balaban J connectivity index is 2.16. The highest BCUT2D eigenvalue weighted by Crippen LogP contribution is 2.18. The molecular weight excluding hydrogens is 288 g/mol. The predicted molar refractivity (Wildman–Crippen MR) is 82.5 cm³/mol. The van der Waals surface area contributed by atoms with Crippen LogP contribution in [0.1, 0.15) is 12.6 Å². The van der Waals surface area contributed by atoms with E-state index in [9.17, 15) is 8.42 Å². The molecule has 1 aromatic carbocycles. The highest BCUT2D eigenvalue weighted by atomic mass is 32.2. The Labute approximate surface area is 125 Å². The van der Waals surface area contributed by atoms with Crippen LogP contribution in [0, 0.1) is 0 Å². The zero-order valence-corrected chi connectivity index (χ0v) is 13.3. The first kappa shape index (κ1) is 15.5. The molecule has 0 radical (unpaired) electrons. The molecule has 0 amide bonds. The van der Waals surface area contributed by atoms with Gasteiger partial charge in [-0.2, -0.15) is 0 Å². The van der Waals surface area contributed by atoms with Crippen molar-refractivity contribution in [3.8, 4) is 0 Å². The van der Waals surface area contributed by atoms with Gasteiger partial charge < -0.3 is 9.88 Å². The average Bonchev–Trinajstić information content (AvgIpc) is 2.92. The molecule has 0 unspecified atom stereocenters. The molecular formula is C14H20N4O2S. The molecule has 1 N–H and O–H groups in total. The third kappa shape index (κ3) is 3.43. The number of nitrogens with zero attached hydrogens (tertiary/aromatic N) is 3. The first-order valence-electron chi connectivity index (χ1n) is 6.70. The van der Waals surface area contributed by atoms with Gasteiger partial charge in [0.1, 0.15) is 0 Å². The van der Waals surface area contributed by atoms with E-state index >= 15 is 0 Å². The number of sulfonamides is 1. The van der Waals surface area contributed by atoms with Crippen molar-refractivity contribution in [1.82, 2.24) is 13.9 Å². The number of aryl methyl sites for hydroxylation is 1. The molecule has 0 aliphatic rings. The fourth-order valence-corrected chi connectivity index (χ4v) is 2.90. The molecule has 0 saturated carbocycles. The second kappa shape index (κ2) is 6.28. The predicted octanol–water partition coefficient (Wildman–Crippen LogP) is 1.77. The summed E-state index contributed by atoms with van der Waals surface area (Å²) in [6.07, 6.45) is 3.58. The highest BCUT2D eigenvalue weighted by Gasteiger charge is 2.17. The molecule has 0 saturated heterocycles. The zero-order valence-electron chi connectivity index (χ0n) is 12.4. The lowest BCUT2D eigenvalue weighted by molar-refractivity contribution is 0.521. The molecule has 0 aliphatic carbocycles. The van der Waals surface area contributed by atoms with Gasteiger partial charge in [-0.1, -0.05) is 6.07 Å². The van der Waals surface area contributed by atoms with Crippen molar-refractivity contribution < 1.29 is 8.42 Å². The number of imidazole rings is 1. The lowest BCUT2D eigenvalue weighted by atomic mass is 10.3. The van der Waals surface area contributed by atoms with Crippen LogP contribution in [0.3, 0.4) is 0 Å². The van der Waals surface area contributed by atoms with Gasteiger partial charge in [-0.05, 0) is 25.1 Å². The molecule has 21 heavy (non-hydrogen) atoms. The largest absolute Gasteiger partial charge is 0.379 e. The van der Waals surface area contributed by atoms with Gasteiger partial charge in [-0.15, -0.1) is 0 Å². The normalized spacial score (nSPS) is 11.8. The van der Waals surface area contributed by atoms with Gasteiger partial charge in [-0.3, -0.25) is 0 Å². The Hall–Kier alpha value is -1.86. The molecule has 0 bridgehead atoms. The molecule has 0 atom stereocenters. The van der Waals surface area contributed by atoms with Crippen molar-refractivity contribution in [1.29, 1.82) is 0 Å². The molecule has 0 aliphatic heterocycles. The Morgan fingerprint density at radius 2 is 2.10 bits per heavy atom. The lowest BCUT2D eigenvalue weighted by Crippen LogP contribution is -2.22. The summed E-state index contributed by atoms with van der Waals surface area (Å²) >= 11 is 0. The first-order valence-corrected chi connectivity index (χ1v) is 8.14. The molecule has 2 rings (SSSR count). The Morgan fingerprint density at radius 1 is 1.33 bits per heavy atom. The van der Waals surface area contributed by atoms with E-state index in [0.717, 1.165) is 17.9 Å². The van der Waals surface area contributed by atoms with Crippen molar-refractivity contribution in [3.05, 3.63) is 42.5 Å². The summed E-state index contributed by atoms with van der Waals surface area (Å²) in [5.41, 5.74) is 1.82. The van der Waals surface area contributed by atoms with E-state index in [2.05, 4.69) is 17.2 Å². The molecule has 7 heteroatoms. The summed E-state index contributed by atoms with van der Waals surface area (Å²) in [7, 11) is -0.362. The van der Waals surface area contributed by atoms with E-state index in [-0.39, 0.29) is 4.90 Å². The number of benzene rings is 1. The quantitative estimate of drug-likeness (QED) is 0.883. The maximum atomic E-state index is 12.1. The van der Waals surface area contributed by atoms with Gasteiger partial charge in [0.25, 0.3) is 0 Å². The van der Waals surface area contributed by atoms with Gasteiger partial charge in [-0.25, -0.2) is 17.7 Å². The molecule has 0 fully saturated rings. The Morgan fingerprint density at radius 3 is 2.76 bits per heavy atom. The van der Waals surface area contributed by atoms with Crippen molar-refractivity contribution >= 4 is 15.7 Å². The minimum absolute atomic E-state index is 0.279. The molecule has 114 valence electrons. The number of hydrogen-bond donors (Lipinski definition) is 1. The summed E-state index contributed by atoms with van der Waals surface area (Å²) in [6, 6.07) is 6.82. The van der Waals surface area contributed by atoms with Crippen molar-refractivity contribution in [2.45, 2.75) is 24.9 Å². The number of rotatable bonds is 6. The van der Waals surface area contributed by atoms with Crippen LogP contribution in [0.5, 0.6) is 0 Å². The minimum Gasteiger partial charge on any atom is -0.379 e. The molecule has 1 heterocycles. The van der Waals surface area contributed by atoms with Gasteiger partial charge in [0, 0.05) is 32.5 Å². The number of hydrogen-bond acceptors (Lipinski definition) is 4. The third-order valence-electron chi connectivity index (χ3n) is 3.23. The van der Waals surface area contributed by atoms with Gasteiger partial charge in [0.15, 0.2) is 0 Å². The van der Waals surface area contributed by atoms with Crippen LogP contribution in [0.2, 0.25) is 0 Å². The summed E-state index contributed by atoms with van der Waals surface area (Å²) in [5.74, 6) is 0. The van der Waals surface area contributed by atoms with E-state index in [1.54, 1.807) is 30.7 Å². The fraction of sp³-hybridized carbons (Fsp3) is 0.357. The third-order valence-corrected chi connectivity index (χ3v) is 5.04. The van der Waals surface area contributed by atoms with E-state index in [1.165, 1.54) is 18.4 Å². The van der Waals surface area contributed by atoms with E-state index in [0.29, 0.717) is 6.54 Å². The van der Waals surface area contributed by atoms with Crippen molar-refractivity contribution in [2.24, 2.45) is 0 Å². The van der Waals surface area contributed by atoms with Gasteiger partial charge >= 0.3 is 0 Å². The Bertz CT molecular complexity index is 707. The second-order valence-corrected chi connectivity index (χ2v) is 6.99. The standard InChI is InChI=1S/C14H20N4O2S/c1-4-18-11-15-9-13(18)10-16-12-6-5-7-14(8-12)21(19,20)17(2)3/h5-9,11,16H,4,10H2,1-3H3. The smallest absolute Gasteiger partial charge is 0.242 e. The summed E-state index contributed by atoms with van der Waals surface area (Å²) in [6.45, 7) is 3.50. The van der Waals surface area contributed by atoms with Gasteiger partial charge in [0.2, 0.25) is 10.0 Å². The van der Waals surface area contributed by atoms with Crippen LogP contribution in [0.25, 0.3) is 0 Å². The van der Waals surface area contributed by atoms with E-state index < -0.39 is 10.0 Å². The van der Waals surface area contributed by atoms with E-state index in [1.807, 2.05) is 10.6 Å². The van der Waals surface area contributed by atoms with Crippen LogP contribution in [0.4, 0.5) is 5.69 Å². The molecule has 6 nitrogen and oxygen atoms in total. The van der Waals surface area contributed by atoms with Crippen LogP contribution < -0.4 is 5.32 Å². The van der Waals surface area contributed by atoms with Crippen LogP contribution >= 0.6 is 0 Å². The Kier molecular flexibility index (Phi) is 4.64. The maximum Gasteiger partial charge on any atom is 0.242 e. The number of nitrogens with one attached hydrogen (secondary N) is 1. The summed E-state index contributed by atoms with van der Waals surface area (Å²) < 4.78 is 27.4. The SMILES string of the molecule is CCn1cncc1CNc1cccc(S(=O)(=O)N(C)C)c1. The zero-order chi connectivity index (χ0) is 15.5. The second-order valence-electron chi connectivity index (χ2n) is 4.84. The minimum atomic E-state index is -3.41. The topological polar surface area (TPSA) is 67.2 Å². The molecule has 1 aromatic heterocycles. The summed E-state index contributed by atoms with van der Waals surface area (Å²) in [5, 5.41) is 3.23. The molecule has 0 spiro atoms. The summed E-state index contributed by atoms with van der Waals surface area (Å²) in [4.78, 5) is 4.38. The number of aromatic nitrogens is 2. The average molecular weight is 308 g/mol. The van der Waals surface area contributed by atoms with Crippen molar-refractivity contribution in [3.63, 3.8) is 0 Å². The van der Waals surface area contributed by atoms with Crippen molar-refractivity contribution in [2.75, 3.05) is 19.4 Å². The monoisotopic (exact) mass is 308 g/mol. The van der Waals surface area contributed by atoms with Crippen LogP contribution in [0.15, 0.2) is 41.7 Å². The number of anilines is 1. The molecule has 2 aromatic rings. The maximum absolute atomic E-state index is 12.1. The van der Waals surface area contributed by atoms with Crippen LogP contribution in [-0.4, -0.2) is 36.4 Å². The first-order chi connectivity index (χ1) is 9.95. The lowest BCUT2D eigenvalue weighted by Gasteiger charge is -2.13. The van der Waals surface area contributed by atoms with E-state index in [4.69, 9.17) is 0 Å².